The molecule has 6 heteroatoms. The summed E-state index contributed by atoms with van der Waals surface area (Å²) in [5.74, 6) is -0.460. The van der Waals surface area contributed by atoms with E-state index in [2.05, 4.69) is 5.32 Å². The van der Waals surface area contributed by atoms with E-state index < -0.39 is 11.9 Å². The minimum absolute atomic E-state index is 0.173. The largest absolute Gasteiger partial charge is 0.333 e. The SMILES string of the molecule is O=C1N/C(=C/c2cccc(Cl)c2)C(=O)N1c1ccccc1Cl. The van der Waals surface area contributed by atoms with Gasteiger partial charge in [0.2, 0.25) is 0 Å². The van der Waals surface area contributed by atoms with Gasteiger partial charge in [-0.15, -0.1) is 0 Å². The molecule has 0 saturated carbocycles. The molecule has 4 nitrogen and oxygen atoms in total. The molecule has 0 aromatic heterocycles. The fourth-order valence-electron chi connectivity index (χ4n) is 2.15. The zero-order chi connectivity index (χ0) is 15.7. The highest BCUT2D eigenvalue weighted by molar-refractivity contribution is 6.37. The van der Waals surface area contributed by atoms with Crippen LogP contribution in [0.25, 0.3) is 6.08 Å². The fraction of sp³-hybridized carbons (Fsp3) is 0. The maximum Gasteiger partial charge on any atom is 0.333 e. The molecular weight excluding hydrogens is 323 g/mol. The van der Waals surface area contributed by atoms with Gasteiger partial charge >= 0.3 is 6.03 Å². The van der Waals surface area contributed by atoms with Crippen molar-refractivity contribution >= 4 is 46.9 Å². The van der Waals surface area contributed by atoms with Crippen LogP contribution in [0.4, 0.5) is 10.5 Å². The van der Waals surface area contributed by atoms with Crippen LogP contribution >= 0.6 is 23.2 Å². The van der Waals surface area contributed by atoms with E-state index >= 15 is 0 Å². The van der Waals surface area contributed by atoms with Gasteiger partial charge in [-0.2, -0.15) is 0 Å². The van der Waals surface area contributed by atoms with Crippen molar-refractivity contribution in [2.45, 2.75) is 0 Å². The number of carbonyl (C=O) groups excluding carboxylic acids is 2. The minimum atomic E-state index is -0.536. The van der Waals surface area contributed by atoms with Gasteiger partial charge in [0.15, 0.2) is 0 Å². The van der Waals surface area contributed by atoms with Crippen LogP contribution in [0.3, 0.4) is 0 Å². The number of carbonyl (C=O) groups is 2. The van der Waals surface area contributed by atoms with Crippen LogP contribution in [-0.4, -0.2) is 11.9 Å². The molecule has 3 rings (SSSR count). The van der Waals surface area contributed by atoms with Crippen molar-refractivity contribution < 1.29 is 9.59 Å². The summed E-state index contributed by atoms with van der Waals surface area (Å²) in [4.78, 5) is 25.5. The third kappa shape index (κ3) is 2.71. The van der Waals surface area contributed by atoms with Gasteiger partial charge in [0.05, 0.1) is 10.7 Å². The number of para-hydroxylation sites is 1. The molecule has 0 spiro atoms. The van der Waals surface area contributed by atoms with Gasteiger partial charge in [-0.1, -0.05) is 47.5 Å². The number of nitrogens with zero attached hydrogens (tertiary/aromatic N) is 1. The standard InChI is InChI=1S/C16H10Cl2N2O2/c17-11-5-3-4-10(8-11)9-13-15(21)20(16(22)19-13)14-7-2-1-6-12(14)18/h1-9H,(H,19,22)/b13-9+. The molecule has 2 aromatic rings. The summed E-state index contributed by atoms with van der Waals surface area (Å²) in [7, 11) is 0. The summed E-state index contributed by atoms with van der Waals surface area (Å²) in [5, 5.41) is 3.42. The molecule has 2 aromatic carbocycles. The molecule has 0 aliphatic carbocycles. The van der Waals surface area contributed by atoms with Crippen LogP contribution in [-0.2, 0) is 4.79 Å². The van der Waals surface area contributed by atoms with Gasteiger partial charge in [0.25, 0.3) is 5.91 Å². The smallest absolute Gasteiger partial charge is 0.302 e. The lowest BCUT2D eigenvalue weighted by molar-refractivity contribution is -0.113. The van der Waals surface area contributed by atoms with Crippen molar-refractivity contribution in [1.29, 1.82) is 0 Å². The number of hydrogen-bond acceptors (Lipinski definition) is 2. The maximum absolute atomic E-state index is 12.4. The van der Waals surface area contributed by atoms with Gasteiger partial charge < -0.3 is 5.32 Å². The number of benzene rings is 2. The fourth-order valence-corrected chi connectivity index (χ4v) is 2.57. The first-order valence-corrected chi connectivity index (χ1v) is 7.19. The molecule has 0 unspecified atom stereocenters. The first-order valence-electron chi connectivity index (χ1n) is 6.43. The average Bonchev–Trinajstić information content (AvgIpc) is 2.74. The average molecular weight is 333 g/mol. The van der Waals surface area contributed by atoms with E-state index in [0.29, 0.717) is 15.7 Å². The molecule has 1 saturated heterocycles. The lowest BCUT2D eigenvalue weighted by Crippen LogP contribution is -2.30. The number of rotatable bonds is 2. The molecule has 1 heterocycles. The molecule has 1 fully saturated rings. The Balaban J connectivity index is 1.97. The van der Waals surface area contributed by atoms with Crippen LogP contribution < -0.4 is 10.2 Å². The normalized spacial score (nSPS) is 16.3. The van der Waals surface area contributed by atoms with Crippen LogP contribution in [0.15, 0.2) is 54.2 Å². The molecule has 0 atom stereocenters. The molecule has 110 valence electrons. The Morgan fingerprint density at radius 2 is 1.77 bits per heavy atom. The second-order valence-corrected chi connectivity index (χ2v) is 5.48. The molecule has 0 radical (unpaired) electrons. The highest BCUT2D eigenvalue weighted by Gasteiger charge is 2.35. The second-order valence-electron chi connectivity index (χ2n) is 4.64. The first kappa shape index (κ1) is 14.6. The van der Waals surface area contributed by atoms with Gasteiger partial charge in [-0.3, -0.25) is 4.79 Å². The highest BCUT2D eigenvalue weighted by Crippen LogP contribution is 2.29. The van der Waals surface area contributed by atoms with Gasteiger partial charge in [-0.05, 0) is 35.9 Å². The number of anilines is 1. The summed E-state index contributed by atoms with van der Waals surface area (Å²) >= 11 is 12.0. The number of halogens is 2. The monoisotopic (exact) mass is 332 g/mol. The van der Waals surface area contributed by atoms with Crippen molar-refractivity contribution in [3.8, 4) is 0 Å². The molecule has 1 aliphatic rings. The van der Waals surface area contributed by atoms with Gasteiger partial charge in [0, 0.05) is 5.02 Å². The predicted molar refractivity (Wildman–Crippen MR) is 86.9 cm³/mol. The van der Waals surface area contributed by atoms with Crippen molar-refractivity contribution in [3.63, 3.8) is 0 Å². The highest BCUT2D eigenvalue weighted by atomic mass is 35.5. The van der Waals surface area contributed by atoms with Crippen LogP contribution in [0, 0.1) is 0 Å². The van der Waals surface area contributed by atoms with Crippen LogP contribution in [0.1, 0.15) is 5.56 Å². The van der Waals surface area contributed by atoms with E-state index in [9.17, 15) is 9.59 Å². The number of urea groups is 1. The van der Waals surface area contributed by atoms with Crippen molar-refractivity contribution in [2.75, 3.05) is 4.90 Å². The topological polar surface area (TPSA) is 49.4 Å². The Kier molecular flexibility index (Phi) is 3.88. The summed E-state index contributed by atoms with van der Waals surface area (Å²) in [6.45, 7) is 0. The maximum atomic E-state index is 12.4. The Morgan fingerprint density at radius 1 is 1.00 bits per heavy atom. The lowest BCUT2D eigenvalue weighted by Gasteiger charge is -2.13. The summed E-state index contributed by atoms with van der Waals surface area (Å²) in [5.41, 5.74) is 1.24. The number of imide groups is 1. The third-order valence-electron chi connectivity index (χ3n) is 3.13. The Morgan fingerprint density at radius 3 is 2.50 bits per heavy atom. The minimum Gasteiger partial charge on any atom is -0.302 e. The predicted octanol–water partition coefficient (Wildman–Crippen LogP) is 4.09. The first-order chi connectivity index (χ1) is 10.6. The molecule has 1 N–H and O–H groups in total. The van der Waals surface area contributed by atoms with Gasteiger partial charge in [-0.25, -0.2) is 9.69 Å². The number of hydrogen-bond donors (Lipinski definition) is 1. The zero-order valence-electron chi connectivity index (χ0n) is 11.2. The Bertz CT molecular complexity index is 802. The van der Waals surface area contributed by atoms with E-state index in [4.69, 9.17) is 23.2 Å². The van der Waals surface area contributed by atoms with E-state index in [-0.39, 0.29) is 5.70 Å². The quantitative estimate of drug-likeness (QED) is 0.665. The van der Waals surface area contributed by atoms with Crippen LogP contribution in [0.5, 0.6) is 0 Å². The zero-order valence-corrected chi connectivity index (χ0v) is 12.7. The summed E-state index contributed by atoms with van der Waals surface area (Å²) in [6.07, 6.45) is 1.57. The molecule has 22 heavy (non-hydrogen) atoms. The molecular formula is C16H10Cl2N2O2. The van der Waals surface area contributed by atoms with Gasteiger partial charge in [0.1, 0.15) is 5.70 Å². The van der Waals surface area contributed by atoms with E-state index in [1.807, 2.05) is 0 Å². The molecule has 3 amide bonds. The Hall–Kier alpha value is -2.30. The lowest BCUT2D eigenvalue weighted by atomic mass is 10.2. The van der Waals surface area contributed by atoms with Crippen molar-refractivity contribution in [1.82, 2.24) is 5.32 Å². The van der Waals surface area contributed by atoms with E-state index in [1.54, 1.807) is 54.6 Å². The number of nitrogens with one attached hydrogen (secondary N) is 1. The van der Waals surface area contributed by atoms with Crippen molar-refractivity contribution in [3.05, 3.63) is 69.8 Å². The summed E-state index contributed by atoms with van der Waals surface area (Å²) in [6, 6.07) is 13.1. The van der Waals surface area contributed by atoms with E-state index in [0.717, 1.165) is 10.5 Å². The third-order valence-corrected chi connectivity index (χ3v) is 3.69. The Labute approximate surface area is 136 Å². The second kappa shape index (κ2) is 5.83. The molecule has 1 aliphatic heterocycles. The van der Waals surface area contributed by atoms with Crippen molar-refractivity contribution in [2.24, 2.45) is 0 Å². The van der Waals surface area contributed by atoms with E-state index in [1.165, 1.54) is 0 Å². The number of amides is 3. The van der Waals surface area contributed by atoms with Crippen LogP contribution in [0.2, 0.25) is 10.0 Å². The molecule has 0 bridgehead atoms. The summed E-state index contributed by atoms with van der Waals surface area (Å²) < 4.78 is 0.